The summed E-state index contributed by atoms with van der Waals surface area (Å²) in [5.74, 6) is -1.21. The first-order valence-corrected chi connectivity index (χ1v) is 9.59. The number of hydrogen-bond donors (Lipinski definition) is 1. The van der Waals surface area contributed by atoms with Crippen LogP contribution in [-0.2, 0) is 22.6 Å². The molecule has 0 aliphatic carbocycles. The van der Waals surface area contributed by atoms with Gasteiger partial charge >= 0.3 is 6.18 Å². The predicted molar refractivity (Wildman–Crippen MR) is 95.1 cm³/mol. The molecule has 2 aliphatic heterocycles. The maximum Gasteiger partial charge on any atom is 0.389 e. The van der Waals surface area contributed by atoms with Crippen molar-refractivity contribution >= 4 is 34.1 Å². The number of rotatable bonds is 4. The number of β-amino-alcohol motifs (C(OH)–C–C–N with tert-alkyl or cyclic N) is 1. The minimum Gasteiger partial charge on any atom is -0.395 e. The number of amides is 3. The second-order valence-corrected chi connectivity index (χ2v) is 7.88. The van der Waals surface area contributed by atoms with E-state index in [4.69, 9.17) is 0 Å². The number of halogens is 3. The van der Waals surface area contributed by atoms with Crippen LogP contribution in [0.25, 0.3) is 0 Å². The van der Waals surface area contributed by atoms with Gasteiger partial charge in [0.2, 0.25) is 11.8 Å². The van der Waals surface area contributed by atoms with Crippen LogP contribution in [0.3, 0.4) is 0 Å². The Kier molecular flexibility index (Phi) is 5.67. The van der Waals surface area contributed by atoms with Gasteiger partial charge < -0.3 is 14.9 Å². The Hall–Kier alpha value is -2.14. The molecular weight excluding hydrogens is 399 g/mol. The highest BCUT2D eigenvalue weighted by molar-refractivity contribution is 7.17. The molecule has 1 N–H and O–H groups in total. The highest BCUT2D eigenvalue weighted by Crippen LogP contribution is 2.41. The summed E-state index contributed by atoms with van der Waals surface area (Å²) in [6.45, 7) is 0.00494. The Balaban J connectivity index is 1.88. The third-order valence-electron chi connectivity index (χ3n) is 4.82. The number of aliphatic hydroxyl groups excluding tert-OH is 1. The fourth-order valence-electron chi connectivity index (χ4n) is 3.41. The van der Waals surface area contributed by atoms with Crippen LogP contribution in [0.5, 0.6) is 0 Å². The second kappa shape index (κ2) is 7.70. The fraction of sp³-hybridized carbons (Fsp3) is 0.588. The molecule has 0 aromatic carbocycles. The minimum absolute atomic E-state index is 0.0422. The van der Waals surface area contributed by atoms with E-state index < -0.39 is 24.9 Å². The molecule has 0 atom stereocenters. The van der Waals surface area contributed by atoms with Crippen LogP contribution in [0.1, 0.15) is 33.6 Å². The van der Waals surface area contributed by atoms with Crippen molar-refractivity contribution in [2.75, 3.05) is 38.2 Å². The lowest BCUT2D eigenvalue weighted by Crippen LogP contribution is -2.39. The third-order valence-corrected chi connectivity index (χ3v) is 6.06. The summed E-state index contributed by atoms with van der Waals surface area (Å²) < 4.78 is 37.1. The van der Waals surface area contributed by atoms with Gasteiger partial charge in [0.05, 0.1) is 25.1 Å². The van der Waals surface area contributed by atoms with Crippen molar-refractivity contribution in [3.8, 4) is 0 Å². The molecule has 3 amide bonds. The second-order valence-electron chi connectivity index (χ2n) is 6.79. The molecule has 11 heteroatoms. The molecule has 7 nitrogen and oxygen atoms in total. The molecule has 0 saturated heterocycles. The first kappa shape index (κ1) is 20.6. The first-order chi connectivity index (χ1) is 13.1. The van der Waals surface area contributed by atoms with Crippen molar-refractivity contribution in [2.24, 2.45) is 0 Å². The number of carbonyl (C=O) groups excluding carboxylic acids is 3. The number of fused-ring (bicyclic) bond motifs is 3. The zero-order chi connectivity index (χ0) is 20.6. The lowest BCUT2D eigenvalue weighted by molar-refractivity contribution is -0.149. The summed E-state index contributed by atoms with van der Waals surface area (Å²) >= 11 is 1.18. The van der Waals surface area contributed by atoms with E-state index in [1.54, 1.807) is 0 Å². The van der Waals surface area contributed by atoms with Crippen LogP contribution in [-0.4, -0.2) is 72.1 Å². The summed E-state index contributed by atoms with van der Waals surface area (Å²) in [5, 5.41) is 9.73. The van der Waals surface area contributed by atoms with E-state index in [-0.39, 0.29) is 44.6 Å². The zero-order valence-corrected chi connectivity index (χ0v) is 16.0. The Labute approximate surface area is 163 Å². The number of anilines is 1. The van der Waals surface area contributed by atoms with E-state index in [0.29, 0.717) is 21.9 Å². The smallest absolute Gasteiger partial charge is 0.389 e. The lowest BCUT2D eigenvalue weighted by Gasteiger charge is -2.28. The monoisotopic (exact) mass is 419 g/mol. The minimum atomic E-state index is -4.39. The van der Waals surface area contributed by atoms with Crippen LogP contribution < -0.4 is 4.90 Å². The van der Waals surface area contributed by atoms with Crippen molar-refractivity contribution in [3.05, 3.63) is 16.0 Å². The Morgan fingerprint density at radius 2 is 1.96 bits per heavy atom. The predicted octanol–water partition coefficient (Wildman–Crippen LogP) is 1.39. The molecule has 0 fully saturated rings. The molecule has 1 aromatic rings. The Morgan fingerprint density at radius 1 is 1.25 bits per heavy atom. The van der Waals surface area contributed by atoms with E-state index in [1.165, 1.54) is 33.1 Å². The average Bonchev–Trinajstić information content (AvgIpc) is 2.96. The number of aliphatic hydroxyl groups is 1. The summed E-state index contributed by atoms with van der Waals surface area (Å²) in [5.41, 5.74) is 1.12. The van der Waals surface area contributed by atoms with Crippen molar-refractivity contribution in [3.63, 3.8) is 0 Å². The molecule has 28 heavy (non-hydrogen) atoms. The van der Waals surface area contributed by atoms with Gasteiger partial charge in [0.15, 0.2) is 0 Å². The van der Waals surface area contributed by atoms with Crippen LogP contribution in [0, 0.1) is 0 Å². The quantitative estimate of drug-likeness (QED) is 0.800. The molecule has 0 saturated carbocycles. The van der Waals surface area contributed by atoms with Crippen LogP contribution >= 0.6 is 11.3 Å². The molecule has 3 rings (SSSR count). The van der Waals surface area contributed by atoms with Crippen molar-refractivity contribution in [2.45, 2.75) is 32.0 Å². The summed E-state index contributed by atoms with van der Waals surface area (Å²) in [4.78, 5) is 42.1. The number of thiophene rings is 1. The van der Waals surface area contributed by atoms with Gasteiger partial charge in [-0.05, 0) is 12.0 Å². The molecule has 0 radical (unpaired) electrons. The molecule has 0 spiro atoms. The normalized spacial score (nSPS) is 17.5. The van der Waals surface area contributed by atoms with Gasteiger partial charge in [-0.3, -0.25) is 19.3 Å². The maximum absolute atomic E-state index is 12.8. The molecular formula is C17H20F3N3O4S. The van der Waals surface area contributed by atoms with Gasteiger partial charge in [0.1, 0.15) is 11.5 Å². The number of alkyl halides is 3. The Bertz CT molecular complexity index is 808. The van der Waals surface area contributed by atoms with E-state index in [2.05, 4.69) is 0 Å². The standard InChI is InChI=1S/C17H20F3N3O4S/c1-21-9-13(26)23(6-7-24)16-14(15(21)27)10-3-5-22(8-11(10)28-16)12(25)2-4-17(18,19)20/h24H,2-9H2,1H3. The van der Waals surface area contributed by atoms with Gasteiger partial charge in [-0.25, -0.2) is 0 Å². The molecule has 0 unspecified atom stereocenters. The largest absolute Gasteiger partial charge is 0.395 e. The van der Waals surface area contributed by atoms with E-state index in [1.807, 2.05) is 0 Å². The summed E-state index contributed by atoms with van der Waals surface area (Å²) in [6.07, 6.45) is -5.84. The van der Waals surface area contributed by atoms with Crippen molar-refractivity contribution < 1.29 is 32.7 Å². The zero-order valence-electron chi connectivity index (χ0n) is 15.2. The lowest BCUT2D eigenvalue weighted by atomic mass is 10.0. The molecule has 3 heterocycles. The molecule has 2 aliphatic rings. The van der Waals surface area contributed by atoms with Crippen LogP contribution in [0.15, 0.2) is 0 Å². The van der Waals surface area contributed by atoms with Crippen molar-refractivity contribution in [1.29, 1.82) is 0 Å². The van der Waals surface area contributed by atoms with E-state index >= 15 is 0 Å². The molecule has 1 aromatic heterocycles. The maximum atomic E-state index is 12.8. The third kappa shape index (κ3) is 4.00. The van der Waals surface area contributed by atoms with Gasteiger partial charge in [-0.15, -0.1) is 11.3 Å². The van der Waals surface area contributed by atoms with E-state index in [0.717, 1.165) is 5.56 Å². The van der Waals surface area contributed by atoms with Crippen LogP contribution in [0.2, 0.25) is 0 Å². The number of likely N-dealkylation sites (N-methyl/N-ethyl adjacent to an activating group) is 1. The topological polar surface area (TPSA) is 81.2 Å². The average molecular weight is 419 g/mol. The van der Waals surface area contributed by atoms with Gasteiger partial charge in [-0.2, -0.15) is 13.2 Å². The van der Waals surface area contributed by atoms with E-state index in [9.17, 15) is 32.7 Å². The number of nitrogens with zero attached hydrogens (tertiary/aromatic N) is 3. The SMILES string of the molecule is CN1CC(=O)N(CCO)c2sc3c(c2C1=O)CCN(C(=O)CCC(F)(F)F)C3. The highest BCUT2D eigenvalue weighted by Gasteiger charge is 2.37. The Morgan fingerprint density at radius 3 is 2.61 bits per heavy atom. The summed E-state index contributed by atoms with van der Waals surface area (Å²) in [6, 6.07) is 0. The van der Waals surface area contributed by atoms with Gasteiger partial charge in [0.25, 0.3) is 5.91 Å². The fourth-order valence-corrected chi connectivity index (χ4v) is 4.81. The number of carbonyl (C=O) groups is 3. The molecule has 154 valence electrons. The van der Waals surface area contributed by atoms with Crippen molar-refractivity contribution in [1.82, 2.24) is 9.80 Å². The summed E-state index contributed by atoms with van der Waals surface area (Å²) in [7, 11) is 1.52. The highest BCUT2D eigenvalue weighted by atomic mass is 32.1. The first-order valence-electron chi connectivity index (χ1n) is 8.78. The van der Waals surface area contributed by atoms with Crippen LogP contribution in [0.4, 0.5) is 18.2 Å². The number of hydrogen-bond acceptors (Lipinski definition) is 5. The van der Waals surface area contributed by atoms with Gasteiger partial charge in [-0.1, -0.05) is 0 Å². The molecule has 0 bridgehead atoms. The van der Waals surface area contributed by atoms with Gasteiger partial charge in [0, 0.05) is 31.4 Å².